The summed E-state index contributed by atoms with van der Waals surface area (Å²) in [4.78, 5) is 26.3. The molecule has 5 aliphatic rings. The van der Waals surface area contributed by atoms with Crippen molar-refractivity contribution in [2.45, 2.75) is 85.0 Å². The SMILES string of the molecule is CC(=O)C1=CCC2C3CCC4C=C(OC(=O)CC[NH+]5CCCC5)CCC4(C)C3CCC12C.[Cl-]. The molecule has 3 fully saturated rings. The molecule has 0 radical (unpaired) electrons. The van der Waals surface area contributed by atoms with Crippen LogP contribution in [0.3, 0.4) is 0 Å². The molecule has 0 spiro atoms. The van der Waals surface area contributed by atoms with Crippen LogP contribution in [0.2, 0.25) is 0 Å². The van der Waals surface area contributed by atoms with E-state index < -0.39 is 0 Å². The predicted octanol–water partition coefficient (Wildman–Crippen LogP) is 1.26. The Hall–Kier alpha value is -1.13. The number of hydrogen-bond donors (Lipinski definition) is 1. The average molecular weight is 476 g/mol. The van der Waals surface area contributed by atoms with Gasteiger partial charge in [0.25, 0.3) is 0 Å². The lowest BCUT2D eigenvalue weighted by Crippen LogP contribution is -3.10. The first-order chi connectivity index (χ1) is 15.3. The summed E-state index contributed by atoms with van der Waals surface area (Å²) in [5, 5.41) is 0. The predicted molar refractivity (Wildman–Crippen MR) is 125 cm³/mol. The van der Waals surface area contributed by atoms with Gasteiger partial charge in [-0.25, -0.2) is 0 Å². The molecular weight excluding hydrogens is 434 g/mol. The van der Waals surface area contributed by atoms with Gasteiger partial charge in [-0.2, -0.15) is 0 Å². The van der Waals surface area contributed by atoms with Crippen LogP contribution in [0.15, 0.2) is 23.5 Å². The van der Waals surface area contributed by atoms with E-state index in [1.165, 1.54) is 45.2 Å². The second kappa shape index (κ2) is 9.49. The molecule has 0 aromatic rings. The van der Waals surface area contributed by atoms with E-state index in [1.807, 2.05) is 0 Å². The minimum Gasteiger partial charge on any atom is -1.00 e. The number of hydrogen-bond acceptors (Lipinski definition) is 3. The minimum atomic E-state index is -0.0323. The fourth-order valence-electron chi connectivity index (χ4n) is 8.63. The molecule has 1 N–H and O–H groups in total. The number of likely N-dealkylation sites (tertiary alicyclic amines) is 1. The van der Waals surface area contributed by atoms with Crippen molar-refractivity contribution in [2.75, 3.05) is 19.6 Å². The molecule has 0 aromatic heterocycles. The van der Waals surface area contributed by atoms with Gasteiger partial charge in [-0.3, -0.25) is 9.59 Å². The highest BCUT2D eigenvalue weighted by molar-refractivity contribution is 5.95. The number of Topliss-reactive ketones (excluding diaryl/α,β-unsaturated/α-hetero) is 1. The van der Waals surface area contributed by atoms with Crippen molar-refractivity contribution in [1.82, 2.24) is 0 Å². The van der Waals surface area contributed by atoms with Gasteiger partial charge in [0.05, 0.1) is 26.1 Å². The topological polar surface area (TPSA) is 47.8 Å². The summed E-state index contributed by atoms with van der Waals surface area (Å²) in [5.74, 6) is 3.80. The van der Waals surface area contributed by atoms with Crippen LogP contribution in [0.1, 0.15) is 85.0 Å². The lowest BCUT2D eigenvalue weighted by molar-refractivity contribution is -0.886. The zero-order valence-electron chi connectivity index (χ0n) is 20.8. The number of esters is 1. The number of carbonyl (C=O) groups excluding carboxylic acids is 2. The van der Waals surface area contributed by atoms with E-state index in [0.29, 0.717) is 23.7 Å². The van der Waals surface area contributed by atoms with Crippen LogP contribution in [0.25, 0.3) is 0 Å². The molecule has 5 heteroatoms. The Morgan fingerprint density at radius 2 is 1.85 bits per heavy atom. The van der Waals surface area contributed by atoms with Gasteiger partial charge in [-0.05, 0) is 91.6 Å². The van der Waals surface area contributed by atoms with Crippen LogP contribution < -0.4 is 17.3 Å². The number of fused-ring (bicyclic) bond motifs is 5. The number of ketones is 1. The van der Waals surface area contributed by atoms with Gasteiger partial charge >= 0.3 is 5.97 Å². The first-order valence-corrected chi connectivity index (χ1v) is 13.3. The van der Waals surface area contributed by atoms with Crippen LogP contribution in [0.4, 0.5) is 0 Å². The maximum atomic E-state index is 12.5. The van der Waals surface area contributed by atoms with E-state index in [2.05, 4.69) is 26.0 Å². The summed E-state index contributed by atoms with van der Waals surface area (Å²) in [6.45, 7) is 9.98. The lowest BCUT2D eigenvalue weighted by Gasteiger charge is -2.59. The summed E-state index contributed by atoms with van der Waals surface area (Å²) in [6.07, 6.45) is 15.7. The summed E-state index contributed by atoms with van der Waals surface area (Å²) < 4.78 is 5.87. The van der Waals surface area contributed by atoms with Crippen molar-refractivity contribution in [3.05, 3.63) is 23.5 Å². The highest BCUT2D eigenvalue weighted by Gasteiger charge is 2.58. The summed E-state index contributed by atoms with van der Waals surface area (Å²) in [7, 11) is 0. The third-order valence-corrected chi connectivity index (χ3v) is 10.4. The van der Waals surface area contributed by atoms with Crippen LogP contribution in [-0.4, -0.2) is 31.4 Å². The third-order valence-electron chi connectivity index (χ3n) is 10.4. The fraction of sp³-hybridized carbons (Fsp3) is 0.786. The number of halogens is 1. The molecule has 184 valence electrons. The van der Waals surface area contributed by atoms with Gasteiger partial charge in [-0.1, -0.05) is 19.9 Å². The molecule has 1 heterocycles. The van der Waals surface area contributed by atoms with E-state index in [1.54, 1.807) is 11.8 Å². The summed E-state index contributed by atoms with van der Waals surface area (Å²) in [5.41, 5.74) is 1.51. The van der Waals surface area contributed by atoms with Crippen LogP contribution in [0, 0.1) is 34.5 Å². The van der Waals surface area contributed by atoms with E-state index in [9.17, 15) is 9.59 Å². The molecule has 0 aromatic carbocycles. The Labute approximate surface area is 206 Å². The van der Waals surface area contributed by atoms with Gasteiger partial charge in [0.15, 0.2) is 5.78 Å². The molecule has 5 rings (SSSR count). The largest absolute Gasteiger partial charge is 1.00 e. The molecule has 1 aliphatic heterocycles. The molecule has 0 amide bonds. The van der Waals surface area contributed by atoms with E-state index in [0.717, 1.165) is 55.4 Å². The molecule has 4 nitrogen and oxygen atoms in total. The quantitative estimate of drug-likeness (QED) is 0.609. The summed E-state index contributed by atoms with van der Waals surface area (Å²) >= 11 is 0. The van der Waals surface area contributed by atoms with Crippen LogP contribution in [0.5, 0.6) is 0 Å². The number of quaternary nitrogens is 1. The first kappa shape index (κ1) is 25.0. The van der Waals surface area contributed by atoms with Crippen molar-refractivity contribution in [1.29, 1.82) is 0 Å². The number of carbonyl (C=O) groups is 2. The summed E-state index contributed by atoms with van der Waals surface area (Å²) in [6, 6.07) is 0. The van der Waals surface area contributed by atoms with Crippen molar-refractivity contribution in [3.8, 4) is 0 Å². The first-order valence-electron chi connectivity index (χ1n) is 13.3. The van der Waals surface area contributed by atoms with E-state index in [4.69, 9.17) is 4.74 Å². The Morgan fingerprint density at radius 3 is 2.58 bits per heavy atom. The number of nitrogens with one attached hydrogen (secondary N) is 1. The number of rotatable bonds is 5. The molecule has 4 aliphatic carbocycles. The molecular formula is C28H42ClNO3. The van der Waals surface area contributed by atoms with Crippen LogP contribution >= 0.6 is 0 Å². The molecule has 33 heavy (non-hydrogen) atoms. The standard InChI is InChI=1S/C28H41NO3.ClH/c1-19(30)23-8-9-24-22-7-6-20-18-21(32-26(31)12-17-29-15-4-5-16-29)10-13-27(20,2)25(22)11-14-28(23,24)3;/h8,18,20,22,24-25H,4-7,9-17H2,1-3H3;1H. The van der Waals surface area contributed by atoms with Gasteiger partial charge < -0.3 is 22.0 Å². The number of allylic oxidation sites excluding steroid dienone is 4. The zero-order chi connectivity index (χ0) is 22.5. The average Bonchev–Trinajstić information content (AvgIpc) is 3.39. The van der Waals surface area contributed by atoms with Crippen molar-refractivity contribution in [2.24, 2.45) is 34.5 Å². The van der Waals surface area contributed by atoms with Crippen molar-refractivity contribution >= 4 is 11.8 Å². The fourth-order valence-corrected chi connectivity index (χ4v) is 8.63. The van der Waals surface area contributed by atoms with E-state index >= 15 is 0 Å². The van der Waals surface area contributed by atoms with Crippen molar-refractivity contribution in [3.63, 3.8) is 0 Å². The smallest absolute Gasteiger partial charge is 0.316 e. The Bertz CT molecular complexity index is 844. The van der Waals surface area contributed by atoms with Crippen LogP contribution in [-0.2, 0) is 14.3 Å². The van der Waals surface area contributed by atoms with Gasteiger partial charge in [-0.15, -0.1) is 0 Å². The normalized spacial score (nSPS) is 40.0. The van der Waals surface area contributed by atoms with Crippen molar-refractivity contribution < 1.29 is 31.6 Å². The lowest BCUT2D eigenvalue weighted by atomic mass is 9.45. The second-order valence-corrected chi connectivity index (χ2v) is 12.0. The van der Waals surface area contributed by atoms with Gasteiger partial charge in [0.1, 0.15) is 5.76 Å². The maximum Gasteiger partial charge on any atom is 0.316 e. The highest BCUT2D eigenvalue weighted by atomic mass is 35.5. The molecule has 1 saturated heterocycles. The number of ether oxygens (including phenoxy) is 1. The monoisotopic (exact) mass is 475 g/mol. The molecule has 0 bridgehead atoms. The highest BCUT2D eigenvalue weighted by Crippen LogP contribution is 2.66. The second-order valence-electron chi connectivity index (χ2n) is 12.0. The van der Waals surface area contributed by atoms with Gasteiger partial charge in [0, 0.05) is 19.3 Å². The molecule has 6 atom stereocenters. The van der Waals surface area contributed by atoms with E-state index in [-0.39, 0.29) is 29.6 Å². The third kappa shape index (κ3) is 4.35. The molecule has 6 unspecified atom stereocenters. The van der Waals surface area contributed by atoms with Gasteiger partial charge in [0.2, 0.25) is 0 Å². The minimum absolute atomic E-state index is 0. The molecule has 2 saturated carbocycles. The Balaban J connectivity index is 0.00000259. The zero-order valence-corrected chi connectivity index (χ0v) is 21.5. The Kier molecular flexibility index (Phi) is 7.18. The maximum absolute atomic E-state index is 12.5. The Morgan fingerprint density at radius 1 is 1.09 bits per heavy atom.